The fourth-order valence-electron chi connectivity index (χ4n) is 1.62. The molecule has 2 N–H and O–H groups in total. The lowest BCUT2D eigenvalue weighted by Gasteiger charge is -2.02. The van der Waals surface area contributed by atoms with Gasteiger partial charge >= 0.3 is 0 Å². The summed E-state index contributed by atoms with van der Waals surface area (Å²) < 4.78 is 0. The molecule has 0 amide bonds. The summed E-state index contributed by atoms with van der Waals surface area (Å²) in [6, 6.07) is 4.94. The smallest absolute Gasteiger partial charge is 0.0794 e. The summed E-state index contributed by atoms with van der Waals surface area (Å²) in [6.07, 6.45) is 4.57. The number of hydrogen-bond donors (Lipinski definition) is 2. The van der Waals surface area contributed by atoms with Gasteiger partial charge < -0.3 is 5.32 Å². The van der Waals surface area contributed by atoms with E-state index in [9.17, 15) is 0 Å². The molecular formula is C11H13N3S. The Morgan fingerprint density at radius 3 is 3.20 bits per heavy atom. The summed E-state index contributed by atoms with van der Waals surface area (Å²) in [5.74, 6) is 0. The molecule has 3 rings (SSSR count). The quantitative estimate of drug-likeness (QED) is 0.829. The zero-order valence-electron chi connectivity index (χ0n) is 8.36. The molecule has 1 aliphatic carbocycles. The van der Waals surface area contributed by atoms with Gasteiger partial charge in [0.25, 0.3) is 0 Å². The number of H-pyrrole nitrogens is 1. The summed E-state index contributed by atoms with van der Waals surface area (Å²) in [5, 5.41) is 12.8. The molecule has 0 bridgehead atoms. The first-order valence-electron chi connectivity index (χ1n) is 5.23. The first kappa shape index (κ1) is 9.12. The van der Waals surface area contributed by atoms with Gasteiger partial charge in [-0.05, 0) is 24.3 Å². The molecule has 0 saturated heterocycles. The maximum Gasteiger partial charge on any atom is 0.0794 e. The van der Waals surface area contributed by atoms with Crippen LogP contribution in [0.3, 0.4) is 0 Å². The molecule has 1 fully saturated rings. The molecule has 1 aliphatic rings. The molecular weight excluding hydrogens is 206 g/mol. The number of rotatable bonds is 4. The van der Waals surface area contributed by atoms with Gasteiger partial charge in [-0.25, -0.2) is 0 Å². The zero-order valence-corrected chi connectivity index (χ0v) is 9.18. The highest BCUT2D eigenvalue weighted by molar-refractivity contribution is 7.13. The van der Waals surface area contributed by atoms with Crippen LogP contribution in [-0.2, 0) is 6.54 Å². The fraction of sp³-hybridized carbons (Fsp3) is 0.364. The van der Waals surface area contributed by atoms with Gasteiger partial charge in [-0.15, -0.1) is 11.3 Å². The summed E-state index contributed by atoms with van der Waals surface area (Å²) in [7, 11) is 0. The lowest BCUT2D eigenvalue weighted by Crippen LogP contribution is -2.15. The Morgan fingerprint density at radius 2 is 2.47 bits per heavy atom. The number of hydrogen-bond acceptors (Lipinski definition) is 3. The Hall–Kier alpha value is -1.13. The number of aromatic amines is 1. The molecule has 0 unspecified atom stereocenters. The molecule has 4 heteroatoms. The van der Waals surface area contributed by atoms with Crippen molar-refractivity contribution in [3.63, 3.8) is 0 Å². The molecule has 0 atom stereocenters. The highest BCUT2D eigenvalue weighted by Gasteiger charge is 2.21. The van der Waals surface area contributed by atoms with Gasteiger partial charge in [-0.2, -0.15) is 5.10 Å². The van der Waals surface area contributed by atoms with Crippen molar-refractivity contribution < 1.29 is 0 Å². The van der Waals surface area contributed by atoms with E-state index in [1.165, 1.54) is 23.3 Å². The largest absolute Gasteiger partial charge is 0.310 e. The van der Waals surface area contributed by atoms with Crippen molar-refractivity contribution in [2.24, 2.45) is 0 Å². The van der Waals surface area contributed by atoms with Crippen molar-refractivity contribution in [3.05, 3.63) is 29.3 Å². The van der Waals surface area contributed by atoms with Crippen LogP contribution in [0.1, 0.15) is 18.4 Å². The standard InChI is InChI=1S/C11H13N3S/c1-2-10(15-5-1)11-8(7-13-14-11)6-12-9-3-4-9/h1-2,5,7,9,12H,3-4,6H2,(H,13,14). The summed E-state index contributed by atoms with van der Waals surface area (Å²) >= 11 is 1.75. The molecule has 1 saturated carbocycles. The topological polar surface area (TPSA) is 40.7 Å². The van der Waals surface area contributed by atoms with Crippen LogP contribution in [0.15, 0.2) is 23.7 Å². The molecule has 0 aromatic carbocycles. The van der Waals surface area contributed by atoms with Crippen molar-refractivity contribution >= 4 is 11.3 Å². The van der Waals surface area contributed by atoms with E-state index in [0.717, 1.165) is 18.3 Å². The molecule has 78 valence electrons. The lowest BCUT2D eigenvalue weighted by molar-refractivity contribution is 0.689. The van der Waals surface area contributed by atoms with Crippen LogP contribution in [0, 0.1) is 0 Å². The van der Waals surface area contributed by atoms with E-state index in [0.29, 0.717) is 0 Å². The van der Waals surface area contributed by atoms with Crippen molar-refractivity contribution in [1.82, 2.24) is 15.5 Å². The predicted molar refractivity (Wildman–Crippen MR) is 61.8 cm³/mol. The Labute approximate surface area is 92.5 Å². The van der Waals surface area contributed by atoms with Crippen molar-refractivity contribution in [1.29, 1.82) is 0 Å². The summed E-state index contributed by atoms with van der Waals surface area (Å²) in [4.78, 5) is 1.26. The van der Waals surface area contributed by atoms with E-state index in [1.807, 2.05) is 6.20 Å². The van der Waals surface area contributed by atoms with Gasteiger partial charge in [0.05, 0.1) is 16.8 Å². The lowest BCUT2D eigenvalue weighted by atomic mass is 10.2. The minimum atomic E-state index is 0.746. The van der Waals surface area contributed by atoms with Gasteiger partial charge in [-0.1, -0.05) is 6.07 Å². The molecule has 0 aliphatic heterocycles. The minimum Gasteiger partial charge on any atom is -0.310 e. The average molecular weight is 219 g/mol. The van der Waals surface area contributed by atoms with E-state index in [2.05, 4.69) is 33.0 Å². The van der Waals surface area contributed by atoms with Crippen LogP contribution in [0.2, 0.25) is 0 Å². The molecule has 0 radical (unpaired) electrons. The fourth-order valence-corrected chi connectivity index (χ4v) is 2.38. The first-order valence-corrected chi connectivity index (χ1v) is 6.11. The molecule has 0 spiro atoms. The monoisotopic (exact) mass is 219 g/mol. The predicted octanol–water partition coefficient (Wildman–Crippen LogP) is 2.39. The van der Waals surface area contributed by atoms with E-state index >= 15 is 0 Å². The number of nitrogens with zero attached hydrogens (tertiary/aromatic N) is 1. The third kappa shape index (κ3) is 1.96. The van der Waals surface area contributed by atoms with Gasteiger partial charge in [-0.3, -0.25) is 5.10 Å². The van der Waals surface area contributed by atoms with Crippen LogP contribution >= 0.6 is 11.3 Å². The zero-order chi connectivity index (χ0) is 10.1. The second kappa shape index (κ2) is 3.79. The Kier molecular flexibility index (Phi) is 2.31. The third-order valence-electron chi connectivity index (χ3n) is 2.64. The maximum absolute atomic E-state index is 4.12. The van der Waals surface area contributed by atoms with Gasteiger partial charge in [0.15, 0.2) is 0 Å². The minimum absolute atomic E-state index is 0.746. The highest BCUT2D eigenvalue weighted by Crippen LogP contribution is 2.26. The van der Waals surface area contributed by atoms with E-state index < -0.39 is 0 Å². The molecule has 2 aromatic heterocycles. The average Bonchev–Trinajstić information content (AvgIpc) is 2.79. The normalized spacial score (nSPS) is 15.7. The van der Waals surface area contributed by atoms with Gasteiger partial charge in [0.1, 0.15) is 0 Å². The third-order valence-corrected chi connectivity index (χ3v) is 3.53. The molecule has 2 aromatic rings. The molecule has 3 nitrogen and oxygen atoms in total. The first-order chi connectivity index (χ1) is 7.43. The maximum atomic E-state index is 4.12. The number of thiophene rings is 1. The van der Waals surface area contributed by atoms with Crippen LogP contribution in [0.5, 0.6) is 0 Å². The Bertz CT molecular complexity index is 428. The van der Waals surface area contributed by atoms with E-state index in [-0.39, 0.29) is 0 Å². The molecule has 15 heavy (non-hydrogen) atoms. The van der Waals surface area contributed by atoms with Gasteiger partial charge in [0.2, 0.25) is 0 Å². The second-order valence-corrected chi connectivity index (χ2v) is 4.85. The van der Waals surface area contributed by atoms with Crippen molar-refractivity contribution in [2.45, 2.75) is 25.4 Å². The second-order valence-electron chi connectivity index (χ2n) is 3.90. The highest BCUT2D eigenvalue weighted by atomic mass is 32.1. The van der Waals surface area contributed by atoms with Crippen LogP contribution in [-0.4, -0.2) is 16.2 Å². The van der Waals surface area contributed by atoms with E-state index in [1.54, 1.807) is 11.3 Å². The summed E-state index contributed by atoms with van der Waals surface area (Å²) in [6.45, 7) is 0.925. The van der Waals surface area contributed by atoms with Crippen molar-refractivity contribution in [3.8, 4) is 10.6 Å². The number of aromatic nitrogens is 2. The van der Waals surface area contributed by atoms with Crippen LogP contribution < -0.4 is 5.32 Å². The van der Waals surface area contributed by atoms with Crippen LogP contribution in [0.25, 0.3) is 10.6 Å². The van der Waals surface area contributed by atoms with Gasteiger partial charge in [0, 0.05) is 18.2 Å². The Morgan fingerprint density at radius 1 is 1.53 bits per heavy atom. The summed E-state index contributed by atoms with van der Waals surface area (Å²) in [5.41, 5.74) is 2.43. The van der Waals surface area contributed by atoms with E-state index in [4.69, 9.17) is 0 Å². The van der Waals surface area contributed by atoms with Crippen molar-refractivity contribution in [2.75, 3.05) is 0 Å². The Balaban J connectivity index is 1.79. The molecule has 2 heterocycles. The SMILES string of the molecule is c1csc(-c2[nH]ncc2CNC2CC2)c1. The number of nitrogens with one attached hydrogen (secondary N) is 2. The van der Waals surface area contributed by atoms with Crippen LogP contribution in [0.4, 0.5) is 0 Å².